The van der Waals surface area contributed by atoms with E-state index in [-0.39, 0.29) is 20.3 Å². The van der Waals surface area contributed by atoms with E-state index in [4.69, 9.17) is 8.42 Å². The van der Waals surface area contributed by atoms with Crippen molar-refractivity contribution >= 4 is 28.6 Å². The minimum absolute atomic E-state index is 0. The van der Waals surface area contributed by atoms with Crippen molar-refractivity contribution in [3.63, 3.8) is 0 Å². The first-order valence-corrected chi connectivity index (χ1v) is 10.4. The van der Waals surface area contributed by atoms with E-state index >= 15 is 0 Å². The van der Waals surface area contributed by atoms with Crippen molar-refractivity contribution in [1.29, 1.82) is 0 Å². The molecule has 0 heterocycles. The normalized spacial score (nSPS) is 13.3. The SMILES string of the molecule is C[Si](C)(C)OS(=O)(=O)CCS(=O)(=O)O.[H-].[Li+]. The first-order chi connectivity index (χ1) is 5.91. The Morgan fingerprint density at radius 2 is 1.53 bits per heavy atom. The molecular weight excluding hydrogens is 255 g/mol. The Bertz CT molecular complexity index is 386. The van der Waals surface area contributed by atoms with Crippen LogP contribution in [0.5, 0.6) is 0 Å². The van der Waals surface area contributed by atoms with E-state index in [1.54, 1.807) is 19.6 Å². The molecule has 0 saturated carbocycles. The molecule has 0 amide bonds. The molecule has 0 aliphatic heterocycles. The fourth-order valence-electron chi connectivity index (χ4n) is 0.630. The second-order valence-corrected chi connectivity index (χ2v) is 11.7. The Morgan fingerprint density at radius 1 is 1.13 bits per heavy atom. The smallest absolute Gasteiger partial charge is 1.00 e. The van der Waals surface area contributed by atoms with Crippen molar-refractivity contribution in [1.82, 2.24) is 0 Å². The van der Waals surface area contributed by atoms with Crippen LogP contribution in [-0.2, 0) is 24.1 Å². The van der Waals surface area contributed by atoms with Crippen molar-refractivity contribution in [3.05, 3.63) is 0 Å². The Labute approximate surface area is 105 Å². The van der Waals surface area contributed by atoms with E-state index in [0.29, 0.717) is 0 Å². The van der Waals surface area contributed by atoms with E-state index in [1.165, 1.54) is 0 Å². The summed E-state index contributed by atoms with van der Waals surface area (Å²) in [5.41, 5.74) is 0. The summed E-state index contributed by atoms with van der Waals surface area (Å²) in [5.74, 6) is -1.55. The molecule has 6 nitrogen and oxygen atoms in total. The van der Waals surface area contributed by atoms with Gasteiger partial charge in [-0.1, -0.05) is 0 Å². The first kappa shape index (κ1) is 18.0. The molecule has 0 unspecified atom stereocenters. The van der Waals surface area contributed by atoms with Crippen molar-refractivity contribution in [2.45, 2.75) is 19.6 Å². The summed E-state index contributed by atoms with van der Waals surface area (Å²) in [6.07, 6.45) is 0. The molecular formula is C5H15LiO6S2Si. The number of rotatable bonds is 5. The molecule has 88 valence electrons. The molecule has 0 aliphatic rings. The summed E-state index contributed by atoms with van der Waals surface area (Å²) in [7, 11) is -10.4. The van der Waals surface area contributed by atoms with Gasteiger partial charge in [-0.05, 0) is 19.6 Å². The molecule has 0 saturated heterocycles. The molecule has 0 bridgehead atoms. The van der Waals surface area contributed by atoms with Gasteiger partial charge >= 0.3 is 18.9 Å². The van der Waals surface area contributed by atoms with Gasteiger partial charge in [0, 0.05) is 0 Å². The molecule has 0 atom stereocenters. The maximum atomic E-state index is 11.1. The van der Waals surface area contributed by atoms with Crippen LogP contribution >= 0.6 is 0 Å². The van der Waals surface area contributed by atoms with Gasteiger partial charge in [0.25, 0.3) is 20.2 Å². The van der Waals surface area contributed by atoms with Crippen LogP contribution in [0, 0.1) is 0 Å². The van der Waals surface area contributed by atoms with Gasteiger partial charge in [-0.3, -0.25) is 4.55 Å². The van der Waals surface area contributed by atoms with Crippen molar-refractivity contribution in [3.8, 4) is 0 Å². The Kier molecular flexibility index (Phi) is 6.98. The quantitative estimate of drug-likeness (QED) is 0.427. The second-order valence-electron chi connectivity index (χ2n) is 3.74. The maximum absolute atomic E-state index is 11.1. The Balaban J connectivity index is -0.000000845. The van der Waals surface area contributed by atoms with Gasteiger partial charge in [-0.2, -0.15) is 8.42 Å². The van der Waals surface area contributed by atoms with Crippen LogP contribution in [0.3, 0.4) is 0 Å². The average molecular weight is 270 g/mol. The van der Waals surface area contributed by atoms with Gasteiger partial charge in [0.15, 0.2) is 0 Å². The maximum Gasteiger partial charge on any atom is 1.00 e. The van der Waals surface area contributed by atoms with Gasteiger partial charge < -0.3 is 5.30 Å². The summed E-state index contributed by atoms with van der Waals surface area (Å²) in [6.45, 7) is 4.99. The van der Waals surface area contributed by atoms with Gasteiger partial charge in [0.1, 0.15) is 0 Å². The van der Waals surface area contributed by atoms with Crippen molar-refractivity contribution in [2.24, 2.45) is 0 Å². The average Bonchev–Trinajstić information content (AvgIpc) is 1.76. The largest absolute Gasteiger partial charge is 1.00 e. The van der Waals surface area contributed by atoms with Gasteiger partial charge in [0.2, 0.25) is 8.32 Å². The summed E-state index contributed by atoms with van der Waals surface area (Å²) >= 11 is 0. The zero-order chi connectivity index (χ0) is 11.6. The molecule has 15 heavy (non-hydrogen) atoms. The predicted molar refractivity (Wildman–Crippen MR) is 55.7 cm³/mol. The molecule has 0 aromatic rings. The summed E-state index contributed by atoms with van der Waals surface area (Å²) in [4.78, 5) is 0. The van der Waals surface area contributed by atoms with Crippen LogP contribution in [0.4, 0.5) is 0 Å². The fraction of sp³-hybridized carbons (Fsp3) is 1.00. The summed E-state index contributed by atoms with van der Waals surface area (Å²) < 4.78 is 55.9. The minimum Gasteiger partial charge on any atom is -1.00 e. The second kappa shape index (κ2) is 5.81. The van der Waals surface area contributed by atoms with Gasteiger partial charge in [-0.15, -0.1) is 0 Å². The van der Waals surface area contributed by atoms with E-state index in [1.807, 2.05) is 0 Å². The van der Waals surface area contributed by atoms with Crippen LogP contribution in [0.15, 0.2) is 0 Å². The molecule has 10 heteroatoms. The topological polar surface area (TPSA) is 97.7 Å². The third kappa shape index (κ3) is 12.6. The van der Waals surface area contributed by atoms with Crippen LogP contribution in [0.25, 0.3) is 0 Å². The summed E-state index contributed by atoms with van der Waals surface area (Å²) in [6, 6.07) is 0. The predicted octanol–water partition coefficient (Wildman–Crippen LogP) is -2.83. The monoisotopic (exact) mass is 270 g/mol. The summed E-state index contributed by atoms with van der Waals surface area (Å²) in [5, 5.41) is 0. The molecule has 0 rings (SSSR count). The zero-order valence-corrected chi connectivity index (χ0v) is 11.9. The number of hydrogen-bond acceptors (Lipinski definition) is 5. The Morgan fingerprint density at radius 3 is 1.80 bits per heavy atom. The fourth-order valence-corrected chi connectivity index (χ4v) is 5.67. The van der Waals surface area contributed by atoms with Gasteiger partial charge in [-0.25, -0.2) is 8.42 Å². The Hall–Kier alpha value is 0.634. The van der Waals surface area contributed by atoms with E-state index < -0.39 is 40.1 Å². The van der Waals surface area contributed by atoms with Crippen molar-refractivity contribution < 1.29 is 45.5 Å². The van der Waals surface area contributed by atoms with E-state index in [9.17, 15) is 16.8 Å². The van der Waals surface area contributed by atoms with Crippen LogP contribution in [-0.4, -0.2) is 41.2 Å². The minimum atomic E-state index is -4.26. The molecule has 0 aromatic heterocycles. The van der Waals surface area contributed by atoms with Gasteiger partial charge in [0.05, 0.1) is 11.5 Å². The molecule has 0 radical (unpaired) electrons. The third-order valence-corrected chi connectivity index (χ3v) is 5.67. The van der Waals surface area contributed by atoms with Crippen molar-refractivity contribution in [2.75, 3.05) is 11.5 Å². The van der Waals surface area contributed by atoms with Crippen LogP contribution in [0.2, 0.25) is 19.6 Å². The van der Waals surface area contributed by atoms with Crippen LogP contribution in [0.1, 0.15) is 1.43 Å². The first-order valence-electron chi connectivity index (χ1n) is 3.80. The van der Waals surface area contributed by atoms with E-state index in [2.05, 4.69) is 0 Å². The molecule has 1 N–H and O–H groups in total. The molecule has 0 aromatic carbocycles. The van der Waals surface area contributed by atoms with Crippen LogP contribution < -0.4 is 18.9 Å². The van der Waals surface area contributed by atoms with E-state index in [0.717, 1.165) is 0 Å². The number of hydrogen-bond donors (Lipinski definition) is 1. The molecule has 0 spiro atoms. The zero-order valence-electron chi connectivity index (χ0n) is 10.2. The third-order valence-electron chi connectivity index (χ3n) is 0.968. The molecule has 0 aliphatic carbocycles. The standard InChI is InChI=1S/C5H14O6S2Si.Li.H/c1-14(2,3)11-13(9,10)5-4-12(6,7)8;;/h4-5H2,1-3H3,(H,6,7,8);;/q;+1;-1. The molecule has 0 fully saturated rings.